The van der Waals surface area contributed by atoms with Crippen molar-refractivity contribution in [1.29, 1.82) is 0 Å². The van der Waals surface area contributed by atoms with E-state index in [0.717, 1.165) is 31.2 Å². The van der Waals surface area contributed by atoms with E-state index in [2.05, 4.69) is 6.58 Å². The molecule has 2 rings (SSSR count). The van der Waals surface area contributed by atoms with E-state index in [1.165, 1.54) is 6.07 Å². The lowest BCUT2D eigenvalue weighted by atomic mass is 9.78. The molecule has 1 aliphatic carbocycles. The van der Waals surface area contributed by atoms with Gasteiger partial charge in [-0.15, -0.1) is 6.58 Å². The molecular formula is C17H17ClF4. The topological polar surface area (TPSA) is 0 Å². The molecule has 0 amide bonds. The molecule has 22 heavy (non-hydrogen) atoms. The third kappa shape index (κ3) is 4.35. The minimum absolute atomic E-state index is 0.00768. The van der Waals surface area contributed by atoms with Crippen LogP contribution in [0.4, 0.5) is 17.6 Å². The van der Waals surface area contributed by atoms with Gasteiger partial charge in [0.25, 0.3) is 0 Å². The van der Waals surface area contributed by atoms with Crippen LogP contribution in [0.1, 0.15) is 42.7 Å². The molecule has 0 heterocycles. The summed E-state index contributed by atoms with van der Waals surface area (Å²) in [5, 5.41) is 0.0151. The van der Waals surface area contributed by atoms with Gasteiger partial charge in [-0.25, -0.2) is 4.39 Å². The molecule has 0 aromatic heterocycles. The lowest BCUT2D eigenvalue weighted by Crippen LogP contribution is -2.12. The molecule has 0 spiro atoms. The van der Waals surface area contributed by atoms with Crippen molar-refractivity contribution >= 4 is 17.7 Å². The summed E-state index contributed by atoms with van der Waals surface area (Å²) in [4.78, 5) is 0. The highest BCUT2D eigenvalue weighted by molar-refractivity contribution is 6.32. The number of benzene rings is 1. The quantitative estimate of drug-likeness (QED) is 0.437. The monoisotopic (exact) mass is 332 g/mol. The zero-order valence-corrected chi connectivity index (χ0v) is 12.7. The minimum atomic E-state index is -4.49. The molecule has 0 N–H and O–H groups in total. The Morgan fingerprint density at radius 3 is 2.27 bits per heavy atom. The molecule has 0 atom stereocenters. The van der Waals surface area contributed by atoms with Crippen LogP contribution in [0.25, 0.3) is 6.08 Å². The Labute approximate surface area is 132 Å². The van der Waals surface area contributed by atoms with Crippen molar-refractivity contribution in [2.75, 3.05) is 0 Å². The van der Waals surface area contributed by atoms with Gasteiger partial charge in [-0.2, -0.15) is 13.2 Å². The first-order valence-corrected chi connectivity index (χ1v) is 7.55. The smallest absolute Gasteiger partial charge is 0.206 e. The average molecular weight is 333 g/mol. The van der Waals surface area contributed by atoms with Crippen molar-refractivity contribution < 1.29 is 17.6 Å². The van der Waals surface area contributed by atoms with Crippen LogP contribution in [0.5, 0.6) is 0 Å². The van der Waals surface area contributed by atoms with Crippen molar-refractivity contribution in [3.8, 4) is 0 Å². The van der Waals surface area contributed by atoms with E-state index in [1.54, 1.807) is 6.07 Å². The number of hydrogen-bond donors (Lipinski definition) is 0. The highest BCUT2D eigenvalue weighted by Gasteiger charge is 2.24. The second kappa shape index (κ2) is 6.86. The largest absolute Gasteiger partial charge is 0.409 e. The fourth-order valence-corrected chi connectivity index (χ4v) is 3.14. The van der Waals surface area contributed by atoms with Crippen LogP contribution in [-0.4, -0.2) is 6.18 Å². The summed E-state index contributed by atoms with van der Waals surface area (Å²) in [6.07, 6.45) is 1.91. The molecule has 1 aliphatic rings. The zero-order valence-electron chi connectivity index (χ0n) is 12.0. The second-order valence-corrected chi connectivity index (χ2v) is 6.03. The molecule has 5 heteroatoms. The van der Waals surface area contributed by atoms with Crippen LogP contribution in [0.2, 0.25) is 5.02 Å². The molecule has 0 radical (unpaired) electrons. The Morgan fingerprint density at radius 1 is 1.14 bits per heavy atom. The molecule has 1 aromatic rings. The first-order valence-electron chi connectivity index (χ1n) is 7.17. The van der Waals surface area contributed by atoms with Crippen molar-refractivity contribution in [2.24, 2.45) is 5.92 Å². The Balaban J connectivity index is 2.20. The van der Waals surface area contributed by atoms with Crippen molar-refractivity contribution in [3.05, 3.63) is 52.8 Å². The second-order valence-electron chi connectivity index (χ2n) is 5.62. The SMILES string of the molecule is C=CC1CCC(c2cc(F)c(/C=C/C(F)(F)F)c(Cl)c2)CC1. The standard InChI is InChI=1S/C17H17ClF4/c1-2-11-3-5-12(6-4-11)13-9-15(18)14(16(19)10-13)7-8-17(20,21)22/h2,7-12H,1,3-6H2/b8-7+. The van der Waals surface area contributed by atoms with Crippen molar-refractivity contribution in [2.45, 2.75) is 37.8 Å². The Morgan fingerprint density at radius 2 is 1.77 bits per heavy atom. The van der Waals surface area contributed by atoms with Gasteiger partial charge in [0.2, 0.25) is 0 Å². The Kier molecular flexibility index (Phi) is 5.32. The number of hydrogen-bond acceptors (Lipinski definition) is 0. The van der Waals surface area contributed by atoms with E-state index in [9.17, 15) is 17.6 Å². The molecule has 0 saturated heterocycles. The first-order chi connectivity index (χ1) is 10.3. The maximum Gasteiger partial charge on any atom is 0.409 e. The minimum Gasteiger partial charge on any atom is -0.206 e. The van der Waals surface area contributed by atoms with E-state index in [4.69, 9.17) is 11.6 Å². The number of halogens is 5. The average Bonchev–Trinajstić information content (AvgIpc) is 2.45. The number of allylic oxidation sites excluding steroid dienone is 2. The molecule has 1 aromatic carbocycles. The van der Waals surface area contributed by atoms with Gasteiger partial charge in [-0.1, -0.05) is 17.7 Å². The van der Waals surface area contributed by atoms with Gasteiger partial charge in [0.1, 0.15) is 5.82 Å². The van der Waals surface area contributed by atoms with Gasteiger partial charge in [0.05, 0.1) is 5.02 Å². The normalized spacial score (nSPS) is 23.0. The molecule has 120 valence electrons. The summed E-state index contributed by atoms with van der Waals surface area (Å²) in [6.45, 7) is 3.78. The van der Waals surface area contributed by atoms with Crippen molar-refractivity contribution in [1.82, 2.24) is 0 Å². The summed E-state index contributed by atoms with van der Waals surface area (Å²) in [6, 6.07) is 2.89. The fraction of sp³-hybridized carbons (Fsp3) is 0.412. The van der Waals surface area contributed by atoms with Crippen LogP contribution < -0.4 is 0 Å². The Bertz CT molecular complexity index is 544. The summed E-state index contributed by atoms with van der Waals surface area (Å²) >= 11 is 5.96. The lowest BCUT2D eigenvalue weighted by Gasteiger charge is -2.27. The Hall–Kier alpha value is -1.29. The summed E-state index contributed by atoms with van der Waals surface area (Å²) < 4.78 is 50.6. The van der Waals surface area contributed by atoms with E-state index in [1.807, 2.05) is 6.08 Å². The first kappa shape index (κ1) is 17.1. The van der Waals surface area contributed by atoms with E-state index in [0.29, 0.717) is 12.0 Å². The maximum absolute atomic E-state index is 14.1. The third-order valence-electron chi connectivity index (χ3n) is 4.12. The highest BCUT2D eigenvalue weighted by Crippen LogP contribution is 2.38. The van der Waals surface area contributed by atoms with Crippen LogP contribution in [0.3, 0.4) is 0 Å². The molecule has 0 nitrogen and oxygen atoms in total. The van der Waals surface area contributed by atoms with Crippen LogP contribution in [0, 0.1) is 11.7 Å². The van der Waals surface area contributed by atoms with Crippen LogP contribution in [0.15, 0.2) is 30.9 Å². The molecule has 0 bridgehead atoms. The van der Waals surface area contributed by atoms with Crippen molar-refractivity contribution in [3.63, 3.8) is 0 Å². The summed E-state index contributed by atoms with van der Waals surface area (Å²) in [5.74, 6) is -0.0248. The molecule has 0 unspecified atom stereocenters. The summed E-state index contributed by atoms with van der Waals surface area (Å²) in [5.41, 5.74) is 0.539. The molecule has 0 aliphatic heterocycles. The van der Waals surface area contributed by atoms with Gasteiger partial charge >= 0.3 is 6.18 Å². The number of alkyl halides is 3. The third-order valence-corrected chi connectivity index (χ3v) is 4.43. The van der Waals surface area contributed by atoms with E-state index < -0.39 is 12.0 Å². The van der Waals surface area contributed by atoms with Gasteiger partial charge in [-0.3, -0.25) is 0 Å². The van der Waals surface area contributed by atoms with Gasteiger partial charge in [0, 0.05) is 11.6 Å². The van der Waals surface area contributed by atoms with Gasteiger partial charge in [0.15, 0.2) is 0 Å². The molecular weight excluding hydrogens is 316 g/mol. The molecule has 1 fully saturated rings. The van der Waals surface area contributed by atoms with E-state index >= 15 is 0 Å². The van der Waals surface area contributed by atoms with Crippen LogP contribution in [-0.2, 0) is 0 Å². The van der Waals surface area contributed by atoms with Gasteiger partial charge < -0.3 is 0 Å². The predicted molar refractivity (Wildman–Crippen MR) is 81.4 cm³/mol. The molecule has 1 saturated carbocycles. The van der Waals surface area contributed by atoms with Gasteiger partial charge in [-0.05, 0) is 61.3 Å². The predicted octanol–water partition coefficient (Wildman–Crippen LogP) is 6.51. The van der Waals surface area contributed by atoms with Crippen LogP contribution >= 0.6 is 11.6 Å². The zero-order chi connectivity index (χ0) is 16.3. The highest BCUT2D eigenvalue weighted by atomic mass is 35.5. The maximum atomic E-state index is 14.1. The summed E-state index contributed by atoms with van der Waals surface area (Å²) in [7, 11) is 0. The number of rotatable bonds is 3. The lowest BCUT2D eigenvalue weighted by molar-refractivity contribution is -0.0790. The van der Waals surface area contributed by atoms with E-state index in [-0.39, 0.29) is 22.6 Å². The fourth-order valence-electron chi connectivity index (χ4n) is 2.86.